The van der Waals surface area contributed by atoms with E-state index in [4.69, 9.17) is 0 Å². The van der Waals surface area contributed by atoms with Gasteiger partial charge in [0.25, 0.3) is 0 Å². The molecule has 0 N–H and O–H groups in total. The van der Waals surface area contributed by atoms with E-state index in [9.17, 15) is 0 Å². The van der Waals surface area contributed by atoms with E-state index in [0.717, 1.165) is 0 Å². The van der Waals surface area contributed by atoms with Crippen molar-refractivity contribution in [2.45, 2.75) is 26.1 Å². The zero-order valence-corrected chi connectivity index (χ0v) is 8.22. The summed E-state index contributed by atoms with van der Waals surface area (Å²) in [6.45, 7) is 9.70. The molecule has 1 aliphatic heterocycles. The SMILES string of the molecule is C[Si](C)(C)N1CC=CCC1. The van der Waals surface area contributed by atoms with Crippen molar-refractivity contribution >= 4 is 8.24 Å². The molecule has 0 aromatic heterocycles. The fraction of sp³-hybridized carbons (Fsp3) is 0.750. The molecule has 0 fully saturated rings. The van der Waals surface area contributed by atoms with Gasteiger partial charge >= 0.3 is 0 Å². The summed E-state index contributed by atoms with van der Waals surface area (Å²) in [5.74, 6) is 0. The Balaban J connectivity index is 2.49. The van der Waals surface area contributed by atoms with Crippen LogP contribution in [0.5, 0.6) is 0 Å². The van der Waals surface area contributed by atoms with Crippen molar-refractivity contribution in [2.75, 3.05) is 13.1 Å². The third-order valence-electron chi connectivity index (χ3n) is 2.01. The second kappa shape index (κ2) is 2.89. The number of hydrogen-bond donors (Lipinski definition) is 0. The Bertz CT molecular complexity index is 135. The molecule has 0 amide bonds. The van der Waals surface area contributed by atoms with Gasteiger partial charge in [0.1, 0.15) is 8.24 Å². The molecule has 0 aliphatic carbocycles. The smallest absolute Gasteiger partial charge is 0.119 e. The van der Waals surface area contributed by atoms with Gasteiger partial charge in [-0.15, -0.1) is 0 Å². The summed E-state index contributed by atoms with van der Waals surface area (Å²) in [7, 11) is -0.974. The third kappa shape index (κ3) is 1.96. The average molecular weight is 155 g/mol. The van der Waals surface area contributed by atoms with E-state index < -0.39 is 8.24 Å². The Morgan fingerprint density at radius 2 is 1.90 bits per heavy atom. The highest BCUT2D eigenvalue weighted by Crippen LogP contribution is 2.12. The summed E-state index contributed by atoms with van der Waals surface area (Å²) in [6, 6.07) is 0. The van der Waals surface area contributed by atoms with Crippen LogP contribution in [-0.2, 0) is 0 Å². The first kappa shape index (κ1) is 8.02. The monoisotopic (exact) mass is 155 g/mol. The fourth-order valence-corrected chi connectivity index (χ4v) is 2.70. The highest BCUT2D eigenvalue weighted by Gasteiger charge is 2.22. The Morgan fingerprint density at radius 1 is 1.20 bits per heavy atom. The van der Waals surface area contributed by atoms with Crippen LogP contribution in [0.4, 0.5) is 0 Å². The van der Waals surface area contributed by atoms with Gasteiger partial charge in [-0.3, -0.25) is 0 Å². The van der Waals surface area contributed by atoms with Gasteiger partial charge in [-0.05, 0) is 13.0 Å². The van der Waals surface area contributed by atoms with Gasteiger partial charge in [0, 0.05) is 6.54 Å². The number of rotatable bonds is 1. The second-order valence-electron chi connectivity index (χ2n) is 3.88. The molecule has 0 saturated carbocycles. The molecular formula is C8H17NSi. The maximum absolute atomic E-state index is 2.63. The molecule has 0 atom stereocenters. The molecule has 1 heterocycles. The maximum atomic E-state index is 2.63. The lowest BCUT2D eigenvalue weighted by atomic mass is 10.3. The van der Waals surface area contributed by atoms with E-state index >= 15 is 0 Å². The van der Waals surface area contributed by atoms with Gasteiger partial charge in [-0.2, -0.15) is 0 Å². The summed E-state index contributed by atoms with van der Waals surface area (Å²) < 4.78 is 2.63. The van der Waals surface area contributed by atoms with Crippen molar-refractivity contribution in [3.05, 3.63) is 12.2 Å². The van der Waals surface area contributed by atoms with Gasteiger partial charge in [0.15, 0.2) is 0 Å². The van der Waals surface area contributed by atoms with Crippen molar-refractivity contribution in [3.63, 3.8) is 0 Å². The largest absolute Gasteiger partial charge is 0.320 e. The molecule has 0 radical (unpaired) electrons. The molecule has 0 spiro atoms. The Kier molecular flexibility index (Phi) is 2.31. The minimum atomic E-state index is -0.974. The van der Waals surface area contributed by atoms with Crippen LogP contribution in [0.3, 0.4) is 0 Å². The van der Waals surface area contributed by atoms with Crippen LogP contribution in [0.25, 0.3) is 0 Å². The lowest BCUT2D eigenvalue weighted by molar-refractivity contribution is 0.458. The van der Waals surface area contributed by atoms with Crippen LogP contribution in [0.15, 0.2) is 12.2 Å². The van der Waals surface area contributed by atoms with Gasteiger partial charge in [-0.25, -0.2) is 0 Å². The van der Waals surface area contributed by atoms with Crippen LogP contribution in [0.1, 0.15) is 6.42 Å². The second-order valence-corrected chi connectivity index (χ2v) is 8.85. The summed E-state index contributed by atoms with van der Waals surface area (Å²) in [5, 5.41) is 0. The van der Waals surface area contributed by atoms with E-state index in [1.165, 1.54) is 19.5 Å². The topological polar surface area (TPSA) is 3.24 Å². The Labute approximate surface area is 64.8 Å². The predicted octanol–water partition coefficient (Wildman–Crippen LogP) is 2.08. The quantitative estimate of drug-likeness (QED) is 0.414. The zero-order valence-electron chi connectivity index (χ0n) is 7.22. The maximum Gasteiger partial charge on any atom is 0.119 e. The average Bonchev–Trinajstić information content (AvgIpc) is 1.88. The standard InChI is InChI=1S/C8H17NSi/c1-10(2,3)9-7-5-4-6-8-9/h4-5H,6-8H2,1-3H3. The lowest BCUT2D eigenvalue weighted by Gasteiger charge is -2.34. The van der Waals surface area contributed by atoms with Gasteiger partial charge < -0.3 is 4.57 Å². The predicted molar refractivity (Wildman–Crippen MR) is 48.7 cm³/mol. The summed E-state index contributed by atoms with van der Waals surface area (Å²) in [5.41, 5.74) is 0. The molecule has 58 valence electrons. The first-order valence-electron chi connectivity index (χ1n) is 4.01. The molecular weight excluding hydrogens is 138 g/mol. The summed E-state index contributed by atoms with van der Waals surface area (Å²) in [6.07, 6.45) is 5.84. The molecule has 0 aromatic carbocycles. The Morgan fingerprint density at radius 3 is 2.20 bits per heavy atom. The van der Waals surface area contributed by atoms with Crippen molar-refractivity contribution in [1.29, 1.82) is 0 Å². The molecule has 0 bridgehead atoms. The molecule has 1 rings (SSSR count). The highest BCUT2D eigenvalue weighted by atomic mass is 28.3. The fourth-order valence-electron chi connectivity index (χ4n) is 1.25. The Hall–Kier alpha value is -0.0831. The molecule has 10 heavy (non-hydrogen) atoms. The van der Waals surface area contributed by atoms with Crippen LogP contribution >= 0.6 is 0 Å². The molecule has 0 saturated heterocycles. The number of hydrogen-bond acceptors (Lipinski definition) is 1. The van der Waals surface area contributed by atoms with Gasteiger partial charge in [0.2, 0.25) is 0 Å². The lowest BCUT2D eigenvalue weighted by Crippen LogP contribution is -2.47. The van der Waals surface area contributed by atoms with Crippen LogP contribution in [0.2, 0.25) is 19.6 Å². The van der Waals surface area contributed by atoms with Gasteiger partial charge in [-0.1, -0.05) is 31.8 Å². The molecule has 0 unspecified atom stereocenters. The van der Waals surface area contributed by atoms with Crippen molar-refractivity contribution < 1.29 is 0 Å². The van der Waals surface area contributed by atoms with Crippen LogP contribution in [-0.4, -0.2) is 25.9 Å². The van der Waals surface area contributed by atoms with Crippen LogP contribution in [0, 0.1) is 0 Å². The van der Waals surface area contributed by atoms with Gasteiger partial charge in [0.05, 0.1) is 0 Å². The third-order valence-corrected chi connectivity index (χ3v) is 4.31. The van der Waals surface area contributed by atoms with E-state index in [1.54, 1.807) is 0 Å². The summed E-state index contributed by atoms with van der Waals surface area (Å²) >= 11 is 0. The van der Waals surface area contributed by atoms with Crippen molar-refractivity contribution in [3.8, 4) is 0 Å². The molecule has 0 aromatic rings. The van der Waals surface area contributed by atoms with Crippen molar-refractivity contribution in [2.24, 2.45) is 0 Å². The normalized spacial score (nSPS) is 21.5. The van der Waals surface area contributed by atoms with E-state index in [2.05, 4.69) is 36.4 Å². The first-order valence-corrected chi connectivity index (χ1v) is 7.45. The molecule has 1 aliphatic rings. The van der Waals surface area contributed by atoms with E-state index in [1.807, 2.05) is 0 Å². The van der Waals surface area contributed by atoms with Crippen molar-refractivity contribution in [1.82, 2.24) is 4.57 Å². The minimum Gasteiger partial charge on any atom is -0.320 e. The number of nitrogens with zero attached hydrogens (tertiary/aromatic N) is 1. The van der Waals surface area contributed by atoms with E-state index in [0.29, 0.717) is 0 Å². The first-order chi connectivity index (χ1) is 4.61. The zero-order chi connectivity index (χ0) is 7.61. The highest BCUT2D eigenvalue weighted by molar-refractivity contribution is 6.73. The van der Waals surface area contributed by atoms with Crippen LogP contribution < -0.4 is 0 Å². The molecule has 1 nitrogen and oxygen atoms in total. The van der Waals surface area contributed by atoms with E-state index in [-0.39, 0.29) is 0 Å². The molecule has 2 heteroatoms. The summed E-state index contributed by atoms with van der Waals surface area (Å²) in [4.78, 5) is 0. The minimum absolute atomic E-state index is 0.974.